The second-order valence-corrected chi connectivity index (χ2v) is 5.95. The Morgan fingerprint density at radius 1 is 1.10 bits per heavy atom. The maximum absolute atomic E-state index is 12.5. The Labute approximate surface area is 116 Å². The molecule has 0 unspecified atom stereocenters. The summed E-state index contributed by atoms with van der Waals surface area (Å²) in [5, 5.41) is 5.97. The Hall–Kier alpha value is -1.04. The molecule has 0 amide bonds. The summed E-state index contributed by atoms with van der Waals surface area (Å²) >= 11 is 0. The van der Waals surface area contributed by atoms with Crippen molar-refractivity contribution in [1.29, 1.82) is 0 Å². The van der Waals surface area contributed by atoms with Crippen LogP contribution in [0, 0.1) is 0 Å². The van der Waals surface area contributed by atoms with Gasteiger partial charge in [0, 0.05) is 17.7 Å². The Kier molecular flexibility index (Phi) is 3.75. The molecule has 1 aromatic rings. The van der Waals surface area contributed by atoms with Gasteiger partial charge in [0.05, 0.1) is 0 Å². The van der Waals surface area contributed by atoms with Crippen molar-refractivity contribution in [3.63, 3.8) is 0 Å². The van der Waals surface area contributed by atoms with Gasteiger partial charge < -0.3 is 4.90 Å². The van der Waals surface area contributed by atoms with Gasteiger partial charge in [0.1, 0.15) is 0 Å². The molecule has 2 heterocycles. The van der Waals surface area contributed by atoms with Crippen LogP contribution in [0.15, 0.2) is 6.07 Å². The molecule has 1 N–H and O–H groups in total. The largest absolute Gasteiger partial charge is 0.435 e. The van der Waals surface area contributed by atoms with Gasteiger partial charge in [-0.25, -0.2) is 0 Å². The number of hydrogen-bond acceptors (Lipinski definition) is 2. The number of likely N-dealkylation sites (tertiary alicyclic amines) is 1. The minimum Gasteiger partial charge on any atom is -0.300 e. The number of nitrogens with one attached hydrogen (secondary N) is 1. The molecular formula is C14H20F3N3. The van der Waals surface area contributed by atoms with Gasteiger partial charge >= 0.3 is 6.18 Å². The van der Waals surface area contributed by atoms with Crippen molar-refractivity contribution >= 4 is 0 Å². The first-order valence-corrected chi connectivity index (χ1v) is 7.40. The van der Waals surface area contributed by atoms with Gasteiger partial charge in [-0.1, -0.05) is 12.8 Å². The second kappa shape index (κ2) is 5.39. The lowest BCUT2D eigenvalue weighted by atomic mass is 9.92. The van der Waals surface area contributed by atoms with Crippen molar-refractivity contribution in [3.05, 3.63) is 17.5 Å². The SMILES string of the molecule is FC(F)(F)c1cc(C2CCN(C3CCCC3)CC2)[nH]n1. The Morgan fingerprint density at radius 3 is 2.30 bits per heavy atom. The van der Waals surface area contributed by atoms with Crippen molar-refractivity contribution in [1.82, 2.24) is 15.1 Å². The van der Waals surface area contributed by atoms with Crippen LogP contribution in [0.4, 0.5) is 13.2 Å². The number of aromatic nitrogens is 2. The van der Waals surface area contributed by atoms with E-state index in [9.17, 15) is 13.2 Å². The molecule has 1 saturated heterocycles. The van der Waals surface area contributed by atoms with Crippen LogP contribution < -0.4 is 0 Å². The van der Waals surface area contributed by atoms with E-state index in [-0.39, 0.29) is 5.92 Å². The van der Waals surface area contributed by atoms with Crippen LogP contribution in [0.25, 0.3) is 0 Å². The lowest BCUT2D eigenvalue weighted by Crippen LogP contribution is -2.39. The third-order valence-electron chi connectivity index (χ3n) is 4.70. The summed E-state index contributed by atoms with van der Waals surface area (Å²) in [5.74, 6) is 0.191. The topological polar surface area (TPSA) is 31.9 Å². The number of aromatic amines is 1. The average molecular weight is 287 g/mol. The van der Waals surface area contributed by atoms with Crippen molar-refractivity contribution in [2.24, 2.45) is 0 Å². The monoisotopic (exact) mass is 287 g/mol. The predicted octanol–water partition coefficient (Wildman–Crippen LogP) is 3.55. The van der Waals surface area contributed by atoms with Crippen LogP contribution in [0.3, 0.4) is 0 Å². The predicted molar refractivity (Wildman–Crippen MR) is 69.4 cm³/mol. The Bertz CT molecular complexity index is 441. The van der Waals surface area contributed by atoms with E-state index in [4.69, 9.17) is 0 Å². The number of nitrogens with zero attached hydrogens (tertiary/aromatic N) is 2. The summed E-state index contributed by atoms with van der Waals surface area (Å²) in [4.78, 5) is 2.52. The van der Waals surface area contributed by atoms with Gasteiger partial charge in [-0.05, 0) is 44.8 Å². The fourth-order valence-corrected chi connectivity index (χ4v) is 3.54. The standard InChI is InChI=1S/C14H20F3N3/c15-14(16,17)13-9-12(18-19-13)10-5-7-20(8-6-10)11-3-1-2-4-11/h9-11H,1-8H2,(H,18,19). The number of halogens is 3. The van der Waals surface area contributed by atoms with Gasteiger partial charge in [-0.3, -0.25) is 5.10 Å². The molecule has 1 aromatic heterocycles. The summed E-state index contributed by atoms with van der Waals surface area (Å²) < 4.78 is 37.6. The van der Waals surface area contributed by atoms with E-state index in [1.165, 1.54) is 31.7 Å². The highest BCUT2D eigenvalue weighted by molar-refractivity contribution is 5.16. The van der Waals surface area contributed by atoms with Crippen LogP contribution in [0.1, 0.15) is 55.8 Å². The first-order valence-electron chi connectivity index (χ1n) is 7.40. The van der Waals surface area contributed by atoms with Crippen molar-refractivity contribution < 1.29 is 13.2 Å². The van der Waals surface area contributed by atoms with E-state index in [0.717, 1.165) is 25.9 Å². The fraction of sp³-hybridized carbons (Fsp3) is 0.786. The molecule has 1 aliphatic carbocycles. The van der Waals surface area contributed by atoms with Gasteiger partial charge in [-0.2, -0.15) is 18.3 Å². The molecule has 20 heavy (non-hydrogen) atoms. The maximum atomic E-state index is 12.5. The highest BCUT2D eigenvalue weighted by atomic mass is 19.4. The number of alkyl halides is 3. The molecule has 6 heteroatoms. The molecule has 2 aliphatic rings. The van der Waals surface area contributed by atoms with E-state index in [0.29, 0.717) is 11.7 Å². The number of rotatable bonds is 2. The normalized spacial score (nSPS) is 23.6. The number of H-pyrrole nitrogens is 1. The zero-order valence-corrected chi connectivity index (χ0v) is 11.4. The number of hydrogen-bond donors (Lipinski definition) is 1. The van der Waals surface area contributed by atoms with E-state index in [1.807, 2.05) is 0 Å². The molecule has 1 saturated carbocycles. The van der Waals surface area contributed by atoms with Gasteiger partial charge in [0.15, 0.2) is 5.69 Å². The Balaban J connectivity index is 1.59. The molecule has 2 fully saturated rings. The first-order chi connectivity index (χ1) is 9.54. The van der Waals surface area contributed by atoms with Crippen LogP contribution in [-0.4, -0.2) is 34.2 Å². The quantitative estimate of drug-likeness (QED) is 0.902. The highest BCUT2D eigenvalue weighted by Gasteiger charge is 2.35. The minimum atomic E-state index is -4.35. The van der Waals surface area contributed by atoms with E-state index in [1.54, 1.807) is 0 Å². The van der Waals surface area contributed by atoms with Crippen molar-refractivity contribution in [2.75, 3.05) is 13.1 Å². The summed E-state index contributed by atoms with van der Waals surface area (Å²) in [6.07, 6.45) is 2.71. The highest BCUT2D eigenvalue weighted by Crippen LogP contribution is 2.34. The van der Waals surface area contributed by atoms with Crippen LogP contribution in [-0.2, 0) is 6.18 Å². The molecular weight excluding hydrogens is 267 g/mol. The van der Waals surface area contributed by atoms with Crippen LogP contribution in [0.5, 0.6) is 0 Å². The third kappa shape index (κ3) is 2.85. The lowest BCUT2D eigenvalue weighted by molar-refractivity contribution is -0.141. The zero-order valence-electron chi connectivity index (χ0n) is 11.4. The van der Waals surface area contributed by atoms with Crippen molar-refractivity contribution in [2.45, 2.75) is 56.7 Å². The molecule has 1 aliphatic heterocycles. The van der Waals surface area contributed by atoms with Gasteiger partial charge in [0.25, 0.3) is 0 Å². The minimum absolute atomic E-state index is 0.191. The summed E-state index contributed by atoms with van der Waals surface area (Å²) in [6, 6.07) is 1.89. The average Bonchev–Trinajstić information content (AvgIpc) is 3.10. The molecule has 3 nitrogen and oxygen atoms in total. The number of piperidine rings is 1. The Morgan fingerprint density at radius 2 is 1.75 bits per heavy atom. The van der Waals surface area contributed by atoms with E-state index < -0.39 is 11.9 Å². The first kappa shape index (κ1) is 13.9. The van der Waals surface area contributed by atoms with E-state index >= 15 is 0 Å². The maximum Gasteiger partial charge on any atom is 0.435 e. The third-order valence-corrected chi connectivity index (χ3v) is 4.70. The molecule has 3 rings (SSSR count). The van der Waals surface area contributed by atoms with Crippen LogP contribution >= 0.6 is 0 Å². The van der Waals surface area contributed by atoms with Gasteiger partial charge in [-0.15, -0.1) is 0 Å². The second-order valence-electron chi connectivity index (χ2n) is 5.95. The summed E-state index contributed by atoms with van der Waals surface area (Å²) in [7, 11) is 0. The molecule has 0 aromatic carbocycles. The summed E-state index contributed by atoms with van der Waals surface area (Å²) in [5.41, 5.74) is -0.158. The molecule has 0 bridgehead atoms. The molecule has 0 radical (unpaired) electrons. The smallest absolute Gasteiger partial charge is 0.300 e. The molecule has 0 atom stereocenters. The van der Waals surface area contributed by atoms with Crippen molar-refractivity contribution in [3.8, 4) is 0 Å². The van der Waals surface area contributed by atoms with Crippen LogP contribution in [0.2, 0.25) is 0 Å². The summed E-state index contributed by atoms with van der Waals surface area (Å²) in [6.45, 7) is 1.99. The zero-order chi connectivity index (χ0) is 14.2. The van der Waals surface area contributed by atoms with Gasteiger partial charge in [0.2, 0.25) is 0 Å². The molecule has 112 valence electrons. The van der Waals surface area contributed by atoms with E-state index in [2.05, 4.69) is 15.1 Å². The fourth-order valence-electron chi connectivity index (χ4n) is 3.54. The lowest BCUT2D eigenvalue weighted by Gasteiger charge is -2.35. The molecule has 0 spiro atoms.